The molecule has 9 nitrogen and oxygen atoms in total. The number of hydrogen-bond acceptors (Lipinski definition) is 6. The number of amides is 1. The molecule has 1 atom stereocenters. The van der Waals surface area contributed by atoms with Gasteiger partial charge < -0.3 is 21.3 Å². The quantitative estimate of drug-likeness (QED) is 0.381. The maximum absolute atomic E-state index is 12.4. The van der Waals surface area contributed by atoms with E-state index in [-0.39, 0.29) is 23.4 Å². The van der Waals surface area contributed by atoms with Crippen LogP contribution in [0.4, 0.5) is 5.82 Å². The highest BCUT2D eigenvalue weighted by molar-refractivity contribution is 5.95. The van der Waals surface area contributed by atoms with Crippen molar-refractivity contribution < 1.29 is 19.8 Å². The molecule has 2 aromatic heterocycles. The van der Waals surface area contributed by atoms with Crippen LogP contribution in [0.2, 0.25) is 0 Å². The number of aliphatic carboxylic acids is 1. The number of carbonyl (C=O) groups excluding carboxylic acids is 1. The lowest BCUT2D eigenvalue weighted by atomic mass is 9.87. The van der Waals surface area contributed by atoms with E-state index < -0.39 is 24.4 Å². The van der Waals surface area contributed by atoms with Crippen LogP contribution in [0, 0.1) is 6.92 Å². The van der Waals surface area contributed by atoms with Crippen LogP contribution in [-0.4, -0.2) is 43.4 Å². The topological polar surface area (TPSA) is 143 Å². The van der Waals surface area contributed by atoms with E-state index in [0.29, 0.717) is 13.0 Å². The molecule has 4 rings (SSSR count). The molecule has 3 heterocycles. The van der Waals surface area contributed by atoms with Crippen molar-refractivity contribution in [3.8, 4) is 0 Å². The van der Waals surface area contributed by atoms with Crippen LogP contribution < -0.4 is 11.1 Å². The molecule has 1 aliphatic heterocycles. The van der Waals surface area contributed by atoms with E-state index >= 15 is 0 Å². The second-order valence-electron chi connectivity index (χ2n) is 8.55. The number of pyridine rings is 1. The van der Waals surface area contributed by atoms with Crippen LogP contribution in [0.1, 0.15) is 62.9 Å². The monoisotopic (exact) mass is 463 g/mol. The van der Waals surface area contributed by atoms with Crippen LogP contribution in [0.5, 0.6) is 0 Å². The molecule has 3 aromatic rings. The van der Waals surface area contributed by atoms with Gasteiger partial charge in [-0.2, -0.15) is 5.10 Å². The number of aromatic nitrogens is 3. The lowest BCUT2D eigenvalue weighted by Gasteiger charge is -2.17. The molecule has 0 aliphatic carbocycles. The number of nitrogens with zero attached hydrogens (tertiary/aromatic N) is 3. The maximum atomic E-state index is 12.4. The van der Waals surface area contributed by atoms with Gasteiger partial charge in [-0.05, 0) is 42.5 Å². The van der Waals surface area contributed by atoms with Crippen molar-refractivity contribution in [2.45, 2.75) is 51.7 Å². The predicted octanol–water partition coefficient (Wildman–Crippen LogP) is 2.39. The van der Waals surface area contributed by atoms with Crippen molar-refractivity contribution in [1.82, 2.24) is 14.8 Å². The summed E-state index contributed by atoms with van der Waals surface area (Å²) in [7, 11) is 0. The Morgan fingerprint density at radius 1 is 1.24 bits per heavy atom. The molecule has 178 valence electrons. The normalized spacial score (nSPS) is 13.7. The molecule has 0 bridgehead atoms. The number of primary amides is 1. The van der Waals surface area contributed by atoms with Gasteiger partial charge in [-0.1, -0.05) is 30.3 Å². The number of benzene rings is 1. The molecule has 0 spiro atoms. The second-order valence-corrected chi connectivity index (χ2v) is 8.55. The number of aliphatic hydroxyl groups excluding tert-OH is 1. The van der Waals surface area contributed by atoms with Crippen LogP contribution in [0.3, 0.4) is 0 Å². The van der Waals surface area contributed by atoms with Crippen molar-refractivity contribution >= 4 is 17.7 Å². The Morgan fingerprint density at radius 2 is 2.03 bits per heavy atom. The third-order valence-corrected chi connectivity index (χ3v) is 6.29. The third-order valence-electron chi connectivity index (χ3n) is 6.29. The highest BCUT2D eigenvalue weighted by Gasteiger charge is 2.30. The van der Waals surface area contributed by atoms with Crippen molar-refractivity contribution in [3.63, 3.8) is 0 Å². The molecular formula is C25H29N5O4. The minimum absolute atomic E-state index is 0.0806. The highest BCUT2D eigenvalue weighted by Crippen LogP contribution is 2.33. The molecule has 0 fully saturated rings. The standard InChI is InChI=1S/C25H29N5O4/c1-15-5-2-3-7-18(15)19(13-21(32)33)23-22(24(26)34)20(14-31)30(29-23)12-10-17-9-8-16-6-4-11-27-25(16)28-17/h2-3,5,7-9,19,31H,4,6,10-14H2,1H3,(H2,26,34)(H,27,28)(H,32,33)/t19-/m0/s1. The fraction of sp³-hybridized carbons (Fsp3) is 0.360. The van der Waals surface area contributed by atoms with E-state index in [0.717, 1.165) is 42.0 Å². The molecule has 0 saturated heterocycles. The first-order valence-corrected chi connectivity index (χ1v) is 11.4. The SMILES string of the molecule is Cc1ccccc1[C@H](CC(=O)O)c1nn(CCc2ccc3c(n2)NCCC3)c(CO)c1C(N)=O. The summed E-state index contributed by atoms with van der Waals surface area (Å²) in [5.41, 5.74) is 10.0. The summed E-state index contributed by atoms with van der Waals surface area (Å²) < 4.78 is 1.55. The molecule has 0 saturated carbocycles. The van der Waals surface area contributed by atoms with E-state index in [2.05, 4.69) is 16.5 Å². The van der Waals surface area contributed by atoms with Crippen molar-refractivity contribution in [2.24, 2.45) is 5.73 Å². The summed E-state index contributed by atoms with van der Waals surface area (Å²) in [4.78, 5) is 28.9. The van der Waals surface area contributed by atoms with Crippen molar-refractivity contribution in [1.29, 1.82) is 0 Å². The Bertz CT molecular complexity index is 1220. The second kappa shape index (κ2) is 10.0. The van der Waals surface area contributed by atoms with Crippen LogP contribution in [-0.2, 0) is 30.8 Å². The van der Waals surface area contributed by atoms with Crippen LogP contribution >= 0.6 is 0 Å². The summed E-state index contributed by atoms with van der Waals surface area (Å²) in [6, 6.07) is 11.4. The number of carboxylic acids is 1. The average Bonchev–Trinajstić information content (AvgIpc) is 3.20. The lowest BCUT2D eigenvalue weighted by molar-refractivity contribution is -0.137. The Balaban J connectivity index is 1.71. The molecule has 34 heavy (non-hydrogen) atoms. The number of nitrogens with one attached hydrogen (secondary N) is 1. The van der Waals surface area contributed by atoms with Gasteiger partial charge in [0.25, 0.3) is 5.91 Å². The number of carbonyl (C=O) groups is 2. The van der Waals surface area contributed by atoms with Gasteiger partial charge in [0.2, 0.25) is 0 Å². The van der Waals surface area contributed by atoms with Gasteiger partial charge >= 0.3 is 5.97 Å². The zero-order valence-corrected chi connectivity index (χ0v) is 19.1. The molecule has 5 N–H and O–H groups in total. The number of nitrogens with two attached hydrogens (primary N) is 1. The summed E-state index contributed by atoms with van der Waals surface area (Å²) in [6.07, 6.45) is 2.34. The Morgan fingerprint density at radius 3 is 2.74 bits per heavy atom. The highest BCUT2D eigenvalue weighted by atomic mass is 16.4. The van der Waals surface area contributed by atoms with Gasteiger partial charge in [0.1, 0.15) is 5.82 Å². The first kappa shape index (κ1) is 23.4. The number of anilines is 1. The van der Waals surface area contributed by atoms with Gasteiger partial charge in [0.05, 0.1) is 30.0 Å². The molecule has 0 radical (unpaired) electrons. The smallest absolute Gasteiger partial charge is 0.304 e. The summed E-state index contributed by atoms with van der Waals surface area (Å²) in [5.74, 6) is -1.55. The van der Waals surface area contributed by atoms with Crippen molar-refractivity contribution in [2.75, 3.05) is 11.9 Å². The Kier molecular flexibility index (Phi) is 6.93. The average molecular weight is 464 g/mol. The maximum Gasteiger partial charge on any atom is 0.304 e. The van der Waals surface area contributed by atoms with Crippen LogP contribution in [0.15, 0.2) is 36.4 Å². The van der Waals surface area contributed by atoms with E-state index in [1.807, 2.05) is 37.3 Å². The zero-order valence-electron chi connectivity index (χ0n) is 19.1. The Hall–Kier alpha value is -3.72. The first-order valence-electron chi connectivity index (χ1n) is 11.4. The number of fused-ring (bicyclic) bond motifs is 1. The number of rotatable bonds is 9. The van der Waals surface area contributed by atoms with Gasteiger partial charge in [-0.15, -0.1) is 0 Å². The number of aryl methyl sites for hydroxylation is 4. The molecule has 1 aliphatic rings. The summed E-state index contributed by atoms with van der Waals surface area (Å²) in [6.45, 7) is 2.69. The van der Waals surface area contributed by atoms with E-state index in [9.17, 15) is 19.8 Å². The van der Waals surface area contributed by atoms with Gasteiger partial charge in [0.15, 0.2) is 0 Å². The molecule has 1 amide bonds. The van der Waals surface area contributed by atoms with E-state index in [4.69, 9.17) is 10.7 Å². The lowest BCUT2D eigenvalue weighted by Crippen LogP contribution is -2.19. The first-order chi connectivity index (χ1) is 16.4. The Labute approximate surface area is 197 Å². The van der Waals surface area contributed by atoms with Gasteiger partial charge in [-0.3, -0.25) is 14.3 Å². The van der Waals surface area contributed by atoms with Crippen LogP contribution in [0.25, 0.3) is 0 Å². The fourth-order valence-electron chi connectivity index (χ4n) is 4.61. The summed E-state index contributed by atoms with van der Waals surface area (Å²) >= 11 is 0. The molecular weight excluding hydrogens is 434 g/mol. The third kappa shape index (κ3) is 4.79. The summed E-state index contributed by atoms with van der Waals surface area (Å²) in [5, 5.41) is 27.6. The van der Waals surface area contributed by atoms with E-state index in [1.165, 1.54) is 5.56 Å². The number of hydrogen-bond donors (Lipinski definition) is 4. The van der Waals surface area contributed by atoms with Gasteiger partial charge in [-0.25, -0.2) is 4.98 Å². The minimum Gasteiger partial charge on any atom is -0.481 e. The largest absolute Gasteiger partial charge is 0.481 e. The fourth-order valence-corrected chi connectivity index (χ4v) is 4.61. The minimum atomic E-state index is -1.02. The number of carboxylic acid groups (broad SMARTS) is 1. The number of aliphatic hydroxyl groups is 1. The van der Waals surface area contributed by atoms with E-state index in [1.54, 1.807) is 4.68 Å². The molecule has 9 heteroatoms. The molecule has 0 unspecified atom stereocenters. The predicted molar refractivity (Wildman–Crippen MR) is 127 cm³/mol. The molecule has 1 aromatic carbocycles. The van der Waals surface area contributed by atoms with Gasteiger partial charge in [0, 0.05) is 31.1 Å². The zero-order chi connectivity index (χ0) is 24.2. The van der Waals surface area contributed by atoms with Crippen molar-refractivity contribution in [3.05, 3.63) is 75.7 Å².